The Balaban J connectivity index is 2.46. The van der Waals surface area contributed by atoms with Crippen LogP contribution in [-0.2, 0) is 15.0 Å². The van der Waals surface area contributed by atoms with Crippen LogP contribution in [0.15, 0.2) is 0 Å². The minimum absolute atomic E-state index is 0.0524. The second kappa shape index (κ2) is 5.15. The molecule has 1 amide bonds. The number of carbonyl (C=O) groups is 1. The van der Waals surface area contributed by atoms with E-state index < -0.39 is 10.2 Å². The molecular formula is C7H15N3O3S2. The average Bonchev–Trinajstić information content (AvgIpc) is 2.17. The topological polar surface area (TPSA) is 83.7 Å². The van der Waals surface area contributed by atoms with Crippen LogP contribution in [0.4, 0.5) is 0 Å². The molecule has 1 aliphatic rings. The Bertz CT molecular complexity index is 322. The number of piperazine rings is 1. The third-order valence-electron chi connectivity index (χ3n) is 2.22. The van der Waals surface area contributed by atoms with Gasteiger partial charge in [-0.2, -0.15) is 24.5 Å². The van der Waals surface area contributed by atoms with Gasteiger partial charge in [-0.15, -0.1) is 0 Å². The van der Waals surface area contributed by atoms with Gasteiger partial charge in [0.05, 0.1) is 5.75 Å². The summed E-state index contributed by atoms with van der Waals surface area (Å²) in [6.45, 7) is 1.43. The molecule has 88 valence electrons. The lowest BCUT2D eigenvalue weighted by molar-refractivity contribution is -0.129. The second-order valence-corrected chi connectivity index (χ2v) is 5.67. The van der Waals surface area contributed by atoms with E-state index in [1.54, 1.807) is 4.90 Å². The molecule has 6 nitrogen and oxygen atoms in total. The second-order valence-electron chi connectivity index (χ2n) is 3.26. The Morgan fingerprint density at radius 1 is 1.33 bits per heavy atom. The van der Waals surface area contributed by atoms with E-state index in [0.717, 1.165) is 0 Å². The third kappa shape index (κ3) is 3.63. The molecule has 8 heteroatoms. The predicted molar refractivity (Wildman–Crippen MR) is 59.6 cm³/mol. The lowest BCUT2D eigenvalue weighted by Gasteiger charge is -2.32. The monoisotopic (exact) mass is 253 g/mol. The zero-order chi connectivity index (χ0) is 11.5. The molecule has 2 N–H and O–H groups in total. The highest BCUT2D eigenvalue weighted by Gasteiger charge is 2.25. The van der Waals surface area contributed by atoms with E-state index in [2.05, 4.69) is 0 Å². The summed E-state index contributed by atoms with van der Waals surface area (Å²) in [7, 11) is -3.60. The summed E-state index contributed by atoms with van der Waals surface area (Å²) >= 11 is 1.46. The maximum Gasteiger partial charge on any atom is 0.277 e. The first-order valence-corrected chi connectivity index (χ1v) is 7.39. The van der Waals surface area contributed by atoms with Gasteiger partial charge in [0.25, 0.3) is 10.2 Å². The molecule has 0 aromatic heterocycles. The van der Waals surface area contributed by atoms with Crippen molar-refractivity contribution in [3.05, 3.63) is 0 Å². The highest BCUT2D eigenvalue weighted by Crippen LogP contribution is 2.06. The Hall–Kier alpha value is -0.310. The van der Waals surface area contributed by atoms with E-state index in [9.17, 15) is 13.2 Å². The highest BCUT2D eigenvalue weighted by molar-refractivity contribution is 7.99. The van der Waals surface area contributed by atoms with Gasteiger partial charge in [0.2, 0.25) is 5.91 Å². The van der Waals surface area contributed by atoms with E-state index in [0.29, 0.717) is 31.9 Å². The standard InChI is InChI=1S/C7H15N3O3S2/c1-14-6-7(11)9-2-4-10(5-3-9)15(8,12)13/h2-6H2,1H3,(H2,8,12,13). The molecule has 1 rings (SSSR count). The van der Waals surface area contributed by atoms with Crippen LogP contribution in [0.3, 0.4) is 0 Å². The van der Waals surface area contributed by atoms with Crippen molar-refractivity contribution >= 4 is 27.9 Å². The molecule has 0 spiro atoms. The van der Waals surface area contributed by atoms with Gasteiger partial charge < -0.3 is 4.90 Å². The van der Waals surface area contributed by atoms with E-state index in [-0.39, 0.29) is 5.91 Å². The molecule has 0 aromatic rings. The van der Waals surface area contributed by atoms with Crippen molar-refractivity contribution < 1.29 is 13.2 Å². The van der Waals surface area contributed by atoms with Crippen LogP contribution in [-0.4, -0.2) is 61.7 Å². The van der Waals surface area contributed by atoms with Crippen LogP contribution in [0.1, 0.15) is 0 Å². The molecule has 0 bridgehead atoms. The van der Waals surface area contributed by atoms with Gasteiger partial charge in [0, 0.05) is 26.2 Å². The van der Waals surface area contributed by atoms with E-state index in [4.69, 9.17) is 5.14 Å². The Kier molecular flexibility index (Phi) is 4.38. The number of carbonyl (C=O) groups excluding carboxylic acids is 1. The van der Waals surface area contributed by atoms with Crippen LogP contribution < -0.4 is 5.14 Å². The molecule has 15 heavy (non-hydrogen) atoms. The van der Waals surface area contributed by atoms with E-state index in [1.165, 1.54) is 16.1 Å². The van der Waals surface area contributed by atoms with Crippen LogP contribution in [0, 0.1) is 0 Å². The van der Waals surface area contributed by atoms with Crippen molar-refractivity contribution in [3.63, 3.8) is 0 Å². The van der Waals surface area contributed by atoms with Crippen molar-refractivity contribution in [1.29, 1.82) is 0 Å². The highest BCUT2D eigenvalue weighted by atomic mass is 32.2. The number of nitrogens with zero attached hydrogens (tertiary/aromatic N) is 2. The van der Waals surface area contributed by atoms with Crippen molar-refractivity contribution in [1.82, 2.24) is 9.21 Å². The summed E-state index contributed by atoms with van der Waals surface area (Å²) in [6, 6.07) is 0. The molecule has 0 radical (unpaired) electrons. The minimum atomic E-state index is -3.60. The SMILES string of the molecule is CSCC(=O)N1CCN(S(N)(=O)=O)CC1. The molecule has 0 atom stereocenters. The quantitative estimate of drug-likeness (QED) is 0.677. The first-order valence-electron chi connectivity index (χ1n) is 4.49. The maximum absolute atomic E-state index is 11.5. The number of thioether (sulfide) groups is 1. The fraction of sp³-hybridized carbons (Fsp3) is 0.857. The van der Waals surface area contributed by atoms with Gasteiger partial charge in [-0.05, 0) is 6.26 Å². The van der Waals surface area contributed by atoms with Crippen LogP contribution >= 0.6 is 11.8 Å². The summed E-state index contributed by atoms with van der Waals surface area (Å²) < 4.78 is 23.2. The Morgan fingerprint density at radius 3 is 2.27 bits per heavy atom. The average molecular weight is 253 g/mol. The molecule has 1 aliphatic heterocycles. The molecular weight excluding hydrogens is 238 g/mol. The maximum atomic E-state index is 11.5. The normalized spacial score (nSPS) is 19.2. The molecule has 1 heterocycles. The zero-order valence-corrected chi connectivity index (χ0v) is 10.2. The lowest BCUT2D eigenvalue weighted by atomic mass is 10.3. The fourth-order valence-corrected chi connectivity index (χ4v) is 2.51. The minimum Gasteiger partial charge on any atom is -0.339 e. The smallest absolute Gasteiger partial charge is 0.277 e. The summed E-state index contributed by atoms with van der Waals surface area (Å²) in [6.07, 6.45) is 1.86. The first kappa shape index (κ1) is 12.8. The van der Waals surface area contributed by atoms with Crippen LogP contribution in [0.25, 0.3) is 0 Å². The molecule has 0 unspecified atom stereocenters. The van der Waals surface area contributed by atoms with Crippen LogP contribution in [0.5, 0.6) is 0 Å². The summed E-state index contributed by atoms with van der Waals surface area (Å²) in [5.41, 5.74) is 0. The van der Waals surface area contributed by atoms with Crippen molar-refractivity contribution in [3.8, 4) is 0 Å². The largest absolute Gasteiger partial charge is 0.339 e. The molecule has 1 saturated heterocycles. The van der Waals surface area contributed by atoms with Gasteiger partial charge in [0.15, 0.2) is 0 Å². The third-order valence-corrected chi connectivity index (χ3v) is 3.84. The Labute approximate surface area is 94.0 Å². The number of hydrogen-bond acceptors (Lipinski definition) is 4. The fourth-order valence-electron chi connectivity index (χ4n) is 1.41. The first-order chi connectivity index (χ1) is 6.95. The summed E-state index contributed by atoms with van der Waals surface area (Å²) in [4.78, 5) is 13.1. The molecule has 0 saturated carbocycles. The van der Waals surface area contributed by atoms with Gasteiger partial charge in [-0.25, -0.2) is 5.14 Å². The number of amides is 1. The van der Waals surface area contributed by atoms with E-state index >= 15 is 0 Å². The van der Waals surface area contributed by atoms with Gasteiger partial charge in [-0.1, -0.05) is 0 Å². The van der Waals surface area contributed by atoms with Gasteiger partial charge >= 0.3 is 0 Å². The van der Waals surface area contributed by atoms with Gasteiger partial charge in [0.1, 0.15) is 0 Å². The molecule has 1 fully saturated rings. The Morgan fingerprint density at radius 2 is 1.87 bits per heavy atom. The number of nitrogens with two attached hydrogens (primary N) is 1. The zero-order valence-electron chi connectivity index (χ0n) is 8.55. The predicted octanol–water partition coefficient (Wildman–Crippen LogP) is -1.30. The van der Waals surface area contributed by atoms with Crippen molar-refractivity contribution in [2.45, 2.75) is 0 Å². The number of hydrogen-bond donors (Lipinski definition) is 1. The summed E-state index contributed by atoms with van der Waals surface area (Å²) in [5.74, 6) is 0.492. The summed E-state index contributed by atoms with van der Waals surface area (Å²) in [5, 5.41) is 4.98. The van der Waals surface area contributed by atoms with E-state index in [1.807, 2.05) is 6.26 Å². The van der Waals surface area contributed by atoms with Gasteiger partial charge in [-0.3, -0.25) is 4.79 Å². The van der Waals surface area contributed by atoms with Crippen molar-refractivity contribution in [2.75, 3.05) is 38.2 Å². The van der Waals surface area contributed by atoms with Crippen LogP contribution in [0.2, 0.25) is 0 Å². The lowest BCUT2D eigenvalue weighted by Crippen LogP contribution is -2.52. The molecule has 0 aliphatic carbocycles. The van der Waals surface area contributed by atoms with Crippen molar-refractivity contribution in [2.24, 2.45) is 5.14 Å². The number of rotatable bonds is 3. The molecule has 0 aromatic carbocycles.